The zero-order valence-electron chi connectivity index (χ0n) is 12.3. The van der Waals surface area contributed by atoms with E-state index in [0.29, 0.717) is 29.5 Å². The lowest BCUT2D eigenvalue weighted by atomic mass is 10.1. The Kier molecular flexibility index (Phi) is 5.67. The number of nitrogens with two attached hydrogens (primary N) is 1. The van der Waals surface area contributed by atoms with Crippen LogP contribution < -0.4 is 10.5 Å². The van der Waals surface area contributed by atoms with Crippen LogP contribution >= 0.6 is 0 Å². The minimum atomic E-state index is -0.00458. The summed E-state index contributed by atoms with van der Waals surface area (Å²) in [5.74, 6) is 1.12. The monoisotopic (exact) mass is 264 g/mol. The van der Waals surface area contributed by atoms with E-state index in [4.69, 9.17) is 10.5 Å². The number of carbonyl (C=O) groups is 1. The molecule has 106 valence electrons. The molecule has 0 aliphatic carbocycles. The summed E-state index contributed by atoms with van der Waals surface area (Å²) in [4.78, 5) is 14.0. The molecule has 0 saturated carbocycles. The third-order valence-electron chi connectivity index (χ3n) is 3.19. The summed E-state index contributed by atoms with van der Waals surface area (Å²) in [6.07, 6.45) is 1.06. The molecular weight excluding hydrogens is 240 g/mol. The van der Waals surface area contributed by atoms with Gasteiger partial charge in [0, 0.05) is 19.2 Å². The van der Waals surface area contributed by atoms with E-state index >= 15 is 0 Å². The van der Waals surface area contributed by atoms with Gasteiger partial charge < -0.3 is 15.4 Å². The van der Waals surface area contributed by atoms with Crippen LogP contribution in [0.2, 0.25) is 0 Å². The number of carbonyl (C=O) groups excluding carboxylic acids is 1. The molecule has 0 spiro atoms. The Bertz CT molecular complexity index is 432. The summed E-state index contributed by atoms with van der Waals surface area (Å²) < 4.78 is 5.36. The lowest BCUT2D eigenvalue weighted by Gasteiger charge is -2.21. The number of benzene rings is 1. The van der Waals surface area contributed by atoms with E-state index in [2.05, 4.69) is 13.8 Å². The molecule has 19 heavy (non-hydrogen) atoms. The van der Waals surface area contributed by atoms with Gasteiger partial charge in [0.25, 0.3) is 5.91 Å². The molecule has 1 amide bonds. The first-order valence-electron chi connectivity index (χ1n) is 6.77. The average molecular weight is 264 g/mol. The van der Waals surface area contributed by atoms with E-state index in [9.17, 15) is 4.79 Å². The van der Waals surface area contributed by atoms with Crippen molar-refractivity contribution >= 4 is 11.6 Å². The fourth-order valence-corrected chi connectivity index (χ4v) is 1.87. The van der Waals surface area contributed by atoms with Gasteiger partial charge in [0.2, 0.25) is 0 Å². The van der Waals surface area contributed by atoms with E-state index in [0.717, 1.165) is 13.0 Å². The van der Waals surface area contributed by atoms with Gasteiger partial charge in [-0.05, 0) is 31.0 Å². The van der Waals surface area contributed by atoms with Crippen LogP contribution in [0.25, 0.3) is 0 Å². The SMILES string of the molecule is CCOc1ccc(C(=O)N(C)CC(C)CC)cc1N. The molecule has 1 aromatic carbocycles. The summed E-state index contributed by atoms with van der Waals surface area (Å²) in [7, 11) is 1.82. The van der Waals surface area contributed by atoms with Gasteiger partial charge in [-0.3, -0.25) is 4.79 Å². The Labute approximate surface area is 115 Å². The van der Waals surface area contributed by atoms with E-state index in [1.165, 1.54) is 0 Å². The summed E-state index contributed by atoms with van der Waals surface area (Å²) in [5, 5.41) is 0. The summed E-state index contributed by atoms with van der Waals surface area (Å²) in [5.41, 5.74) is 6.98. The maximum Gasteiger partial charge on any atom is 0.253 e. The molecule has 0 saturated heterocycles. The minimum absolute atomic E-state index is 0.00458. The van der Waals surface area contributed by atoms with Crippen LogP contribution in [0.3, 0.4) is 0 Å². The molecule has 0 fully saturated rings. The van der Waals surface area contributed by atoms with E-state index in [1.54, 1.807) is 23.1 Å². The summed E-state index contributed by atoms with van der Waals surface area (Å²) in [6, 6.07) is 5.19. The lowest BCUT2D eigenvalue weighted by molar-refractivity contribution is 0.0775. The van der Waals surface area contributed by atoms with Crippen molar-refractivity contribution in [3.63, 3.8) is 0 Å². The van der Waals surface area contributed by atoms with Crippen LogP contribution in [0.4, 0.5) is 5.69 Å². The van der Waals surface area contributed by atoms with Crippen molar-refractivity contribution in [1.82, 2.24) is 4.90 Å². The smallest absolute Gasteiger partial charge is 0.253 e. The van der Waals surface area contributed by atoms with Gasteiger partial charge in [-0.1, -0.05) is 20.3 Å². The highest BCUT2D eigenvalue weighted by Gasteiger charge is 2.15. The van der Waals surface area contributed by atoms with Gasteiger partial charge in [0.05, 0.1) is 12.3 Å². The van der Waals surface area contributed by atoms with Crippen LogP contribution in [-0.4, -0.2) is 31.0 Å². The van der Waals surface area contributed by atoms with Gasteiger partial charge in [-0.15, -0.1) is 0 Å². The highest BCUT2D eigenvalue weighted by Crippen LogP contribution is 2.23. The topological polar surface area (TPSA) is 55.6 Å². The number of nitrogens with zero attached hydrogens (tertiary/aromatic N) is 1. The van der Waals surface area contributed by atoms with Gasteiger partial charge >= 0.3 is 0 Å². The van der Waals surface area contributed by atoms with Crippen molar-refractivity contribution in [2.75, 3.05) is 25.9 Å². The number of ether oxygens (including phenoxy) is 1. The van der Waals surface area contributed by atoms with E-state index < -0.39 is 0 Å². The van der Waals surface area contributed by atoms with Crippen LogP contribution in [0, 0.1) is 5.92 Å². The molecule has 0 bridgehead atoms. The molecule has 1 unspecified atom stereocenters. The third kappa shape index (κ3) is 4.16. The van der Waals surface area contributed by atoms with Crippen molar-refractivity contribution in [3.05, 3.63) is 23.8 Å². The predicted octanol–water partition coefficient (Wildman–Crippen LogP) is 2.79. The van der Waals surface area contributed by atoms with Crippen LogP contribution in [0.5, 0.6) is 5.75 Å². The Balaban J connectivity index is 2.79. The molecule has 1 atom stereocenters. The minimum Gasteiger partial charge on any atom is -0.492 e. The highest BCUT2D eigenvalue weighted by atomic mass is 16.5. The Morgan fingerprint density at radius 2 is 2.11 bits per heavy atom. The molecule has 1 aromatic rings. The molecular formula is C15H24N2O2. The van der Waals surface area contributed by atoms with Crippen molar-refractivity contribution in [2.24, 2.45) is 5.92 Å². The fourth-order valence-electron chi connectivity index (χ4n) is 1.87. The maximum atomic E-state index is 12.2. The first-order chi connectivity index (χ1) is 8.99. The molecule has 0 radical (unpaired) electrons. The predicted molar refractivity (Wildman–Crippen MR) is 78.4 cm³/mol. The second-order valence-corrected chi connectivity index (χ2v) is 4.88. The maximum absolute atomic E-state index is 12.2. The Morgan fingerprint density at radius 3 is 2.63 bits per heavy atom. The average Bonchev–Trinajstić information content (AvgIpc) is 2.40. The second kappa shape index (κ2) is 7.02. The van der Waals surface area contributed by atoms with Crippen molar-refractivity contribution in [1.29, 1.82) is 0 Å². The van der Waals surface area contributed by atoms with Crippen molar-refractivity contribution in [3.8, 4) is 5.75 Å². The van der Waals surface area contributed by atoms with E-state index in [-0.39, 0.29) is 5.91 Å². The van der Waals surface area contributed by atoms with Gasteiger partial charge in [-0.2, -0.15) is 0 Å². The van der Waals surface area contributed by atoms with Gasteiger partial charge in [0.15, 0.2) is 0 Å². The molecule has 1 rings (SSSR count). The number of rotatable bonds is 6. The number of nitrogen functional groups attached to an aromatic ring is 1. The third-order valence-corrected chi connectivity index (χ3v) is 3.19. The number of hydrogen-bond acceptors (Lipinski definition) is 3. The quantitative estimate of drug-likeness (QED) is 0.804. The molecule has 0 aliphatic heterocycles. The molecule has 4 nitrogen and oxygen atoms in total. The number of amides is 1. The van der Waals surface area contributed by atoms with Crippen LogP contribution in [0.1, 0.15) is 37.6 Å². The van der Waals surface area contributed by atoms with Gasteiger partial charge in [-0.25, -0.2) is 0 Å². The standard InChI is InChI=1S/C15H24N2O2/c1-5-11(3)10-17(4)15(18)12-7-8-14(19-6-2)13(16)9-12/h7-9,11H,5-6,10,16H2,1-4H3. The number of hydrogen-bond donors (Lipinski definition) is 1. The summed E-state index contributed by atoms with van der Waals surface area (Å²) in [6.45, 7) is 7.47. The largest absolute Gasteiger partial charge is 0.492 e. The zero-order chi connectivity index (χ0) is 14.4. The van der Waals surface area contributed by atoms with Crippen LogP contribution in [0.15, 0.2) is 18.2 Å². The molecule has 0 aromatic heterocycles. The van der Waals surface area contributed by atoms with Gasteiger partial charge in [0.1, 0.15) is 5.75 Å². The van der Waals surface area contributed by atoms with E-state index in [1.807, 2.05) is 14.0 Å². The molecule has 2 N–H and O–H groups in total. The molecule has 0 heterocycles. The Hall–Kier alpha value is -1.71. The summed E-state index contributed by atoms with van der Waals surface area (Å²) >= 11 is 0. The van der Waals surface area contributed by atoms with Crippen LogP contribution in [-0.2, 0) is 0 Å². The van der Waals surface area contributed by atoms with Crippen molar-refractivity contribution < 1.29 is 9.53 Å². The molecule has 4 heteroatoms. The first kappa shape index (κ1) is 15.3. The van der Waals surface area contributed by atoms with Crippen molar-refractivity contribution in [2.45, 2.75) is 27.2 Å². The Morgan fingerprint density at radius 1 is 1.42 bits per heavy atom. The fraction of sp³-hybridized carbons (Fsp3) is 0.533. The lowest BCUT2D eigenvalue weighted by Crippen LogP contribution is -2.30. The zero-order valence-corrected chi connectivity index (χ0v) is 12.3. The first-order valence-corrected chi connectivity index (χ1v) is 6.77. The molecule has 0 aliphatic rings. The second-order valence-electron chi connectivity index (χ2n) is 4.88. The number of anilines is 1. The highest BCUT2D eigenvalue weighted by molar-refractivity contribution is 5.95. The normalized spacial score (nSPS) is 12.0.